The first-order valence-electron chi connectivity index (χ1n) is 5.25. The number of fused-ring (bicyclic) bond motifs is 3. The molecular weight excluding hydrogens is 148 g/mol. The lowest BCUT2D eigenvalue weighted by Gasteiger charge is -2.47. The van der Waals surface area contributed by atoms with E-state index in [2.05, 4.69) is 0 Å². The Morgan fingerprint density at radius 2 is 1.50 bits per heavy atom. The fourth-order valence-corrected chi connectivity index (χ4v) is 3.36. The van der Waals surface area contributed by atoms with Crippen LogP contribution < -0.4 is 11.5 Å². The van der Waals surface area contributed by atoms with E-state index < -0.39 is 0 Å². The van der Waals surface area contributed by atoms with E-state index in [9.17, 15) is 0 Å². The van der Waals surface area contributed by atoms with Crippen molar-refractivity contribution in [2.45, 2.75) is 25.7 Å². The summed E-state index contributed by atoms with van der Waals surface area (Å²) in [7, 11) is 0. The normalized spacial score (nSPS) is 46.5. The van der Waals surface area contributed by atoms with Gasteiger partial charge in [0, 0.05) is 0 Å². The Labute approximate surface area is 74.7 Å². The van der Waals surface area contributed by atoms with E-state index in [0.717, 1.165) is 36.8 Å². The molecule has 0 aromatic heterocycles. The van der Waals surface area contributed by atoms with Crippen LogP contribution in [0, 0.1) is 23.7 Å². The molecule has 3 rings (SSSR count). The Balaban J connectivity index is 2.05. The monoisotopic (exact) mass is 168 g/mol. The number of hydrogen-bond donors (Lipinski definition) is 2. The number of rotatable bonds is 2. The SMILES string of the molecule is NCC1CC2CCC1C(CN)C2. The van der Waals surface area contributed by atoms with Crippen molar-refractivity contribution in [2.24, 2.45) is 35.1 Å². The van der Waals surface area contributed by atoms with Crippen molar-refractivity contribution in [2.75, 3.05) is 13.1 Å². The van der Waals surface area contributed by atoms with Gasteiger partial charge in [0.2, 0.25) is 0 Å². The highest BCUT2D eigenvalue weighted by molar-refractivity contribution is 4.92. The summed E-state index contributed by atoms with van der Waals surface area (Å²) in [5.41, 5.74) is 11.5. The standard InChI is InChI=1S/C10H20N2/c11-5-8-3-7-1-2-10(8)9(4-7)6-12/h7-10H,1-6,11-12H2. The zero-order chi connectivity index (χ0) is 8.55. The van der Waals surface area contributed by atoms with Crippen LogP contribution in [-0.2, 0) is 0 Å². The zero-order valence-corrected chi connectivity index (χ0v) is 7.71. The highest BCUT2D eigenvalue weighted by Gasteiger charge is 2.40. The summed E-state index contributed by atoms with van der Waals surface area (Å²) in [5, 5.41) is 0. The molecule has 3 fully saturated rings. The molecule has 0 amide bonds. The van der Waals surface area contributed by atoms with Crippen LogP contribution in [0.4, 0.5) is 0 Å². The molecule has 0 radical (unpaired) electrons. The minimum absolute atomic E-state index is 0.797. The van der Waals surface area contributed by atoms with E-state index >= 15 is 0 Å². The smallest absolute Gasteiger partial charge is 0.00460 e. The zero-order valence-electron chi connectivity index (χ0n) is 7.71. The fraction of sp³-hybridized carbons (Fsp3) is 1.00. The van der Waals surface area contributed by atoms with Crippen LogP contribution in [0.15, 0.2) is 0 Å². The molecule has 2 heteroatoms. The van der Waals surface area contributed by atoms with Gasteiger partial charge in [-0.1, -0.05) is 6.42 Å². The fourth-order valence-electron chi connectivity index (χ4n) is 3.36. The van der Waals surface area contributed by atoms with Crippen molar-refractivity contribution in [3.8, 4) is 0 Å². The van der Waals surface area contributed by atoms with Crippen LogP contribution in [0.2, 0.25) is 0 Å². The van der Waals surface area contributed by atoms with E-state index in [1.807, 2.05) is 0 Å². The molecule has 3 aliphatic carbocycles. The van der Waals surface area contributed by atoms with Crippen LogP contribution in [0.1, 0.15) is 25.7 Å². The average molecular weight is 168 g/mol. The molecule has 3 aliphatic rings. The lowest BCUT2D eigenvalue weighted by molar-refractivity contribution is 0.0451. The van der Waals surface area contributed by atoms with E-state index in [4.69, 9.17) is 11.5 Å². The van der Waals surface area contributed by atoms with Crippen LogP contribution in [0.5, 0.6) is 0 Å². The quantitative estimate of drug-likeness (QED) is 0.645. The Bertz CT molecular complexity index is 144. The third kappa shape index (κ3) is 1.27. The molecule has 0 spiro atoms. The molecule has 4 N–H and O–H groups in total. The Kier molecular flexibility index (Phi) is 2.37. The maximum atomic E-state index is 5.77. The molecule has 3 saturated carbocycles. The third-order valence-corrected chi connectivity index (χ3v) is 4.00. The Morgan fingerprint density at radius 1 is 0.917 bits per heavy atom. The van der Waals surface area contributed by atoms with E-state index in [0.29, 0.717) is 0 Å². The van der Waals surface area contributed by atoms with Gasteiger partial charge in [0.05, 0.1) is 0 Å². The summed E-state index contributed by atoms with van der Waals surface area (Å²) in [5.74, 6) is 3.42. The van der Waals surface area contributed by atoms with Crippen molar-refractivity contribution in [1.82, 2.24) is 0 Å². The molecule has 0 aromatic carbocycles. The van der Waals surface area contributed by atoms with Crippen LogP contribution in [-0.4, -0.2) is 13.1 Å². The number of hydrogen-bond acceptors (Lipinski definition) is 2. The Hall–Kier alpha value is -0.0800. The predicted molar refractivity (Wildman–Crippen MR) is 50.5 cm³/mol. The molecular formula is C10H20N2. The lowest BCUT2D eigenvalue weighted by Crippen LogP contribution is -2.43. The van der Waals surface area contributed by atoms with E-state index in [-0.39, 0.29) is 0 Å². The molecule has 2 nitrogen and oxygen atoms in total. The van der Waals surface area contributed by atoms with Crippen LogP contribution >= 0.6 is 0 Å². The molecule has 0 aromatic rings. The van der Waals surface area contributed by atoms with Gasteiger partial charge < -0.3 is 11.5 Å². The van der Waals surface area contributed by atoms with E-state index in [1.54, 1.807) is 0 Å². The van der Waals surface area contributed by atoms with Crippen molar-refractivity contribution in [3.05, 3.63) is 0 Å². The first kappa shape index (κ1) is 8.52. The minimum atomic E-state index is 0.797. The van der Waals surface area contributed by atoms with Crippen molar-refractivity contribution < 1.29 is 0 Å². The Morgan fingerprint density at radius 3 is 1.92 bits per heavy atom. The summed E-state index contributed by atoms with van der Waals surface area (Å²) < 4.78 is 0. The second kappa shape index (κ2) is 3.35. The van der Waals surface area contributed by atoms with Gasteiger partial charge in [-0.25, -0.2) is 0 Å². The summed E-state index contributed by atoms with van der Waals surface area (Å²) in [6.07, 6.45) is 5.61. The van der Waals surface area contributed by atoms with Gasteiger partial charge in [0.25, 0.3) is 0 Å². The largest absolute Gasteiger partial charge is 0.330 e. The van der Waals surface area contributed by atoms with Crippen LogP contribution in [0.3, 0.4) is 0 Å². The summed E-state index contributed by atoms with van der Waals surface area (Å²) >= 11 is 0. The maximum Gasteiger partial charge on any atom is -0.00460 e. The third-order valence-electron chi connectivity index (χ3n) is 4.00. The molecule has 2 atom stereocenters. The molecule has 2 unspecified atom stereocenters. The van der Waals surface area contributed by atoms with Crippen molar-refractivity contribution in [3.63, 3.8) is 0 Å². The molecule has 0 aliphatic heterocycles. The molecule has 0 heterocycles. The average Bonchev–Trinajstić information content (AvgIpc) is 2.18. The van der Waals surface area contributed by atoms with Crippen LogP contribution in [0.25, 0.3) is 0 Å². The molecule has 12 heavy (non-hydrogen) atoms. The van der Waals surface area contributed by atoms with Gasteiger partial charge in [0.15, 0.2) is 0 Å². The summed E-state index contributed by atoms with van der Waals surface area (Å²) in [6.45, 7) is 1.77. The molecule has 70 valence electrons. The maximum absolute atomic E-state index is 5.77. The van der Waals surface area contributed by atoms with Crippen molar-refractivity contribution in [1.29, 1.82) is 0 Å². The molecule has 2 bridgehead atoms. The predicted octanol–water partition coefficient (Wildman–Crippen LogP) is 0.956. The topological polar surface area (TPSA) is 52.0 Å². The second-order valence-electron chi connectivity index (χ2n) is 4.57. The first-order chi connectivity index (χ1) is 5.85. The first-order valence-corrected chi connectivity index (χ1v) is 5.25. The van der Waals surface area contributed by atoms with Gasteiger partial charge in [-0.2, -0.15) is 0 Å². The number of nitrogens with two attached hydrogens (primary N) is 2. The minimum Gasteiger partial charge on any atom is -0.330 e. The highest BCUT2D eigenvalue weighted by Crippen LogP contribution is 2.47. The van der Waals surface area contributed by atoms with Gasteiger partial charge >= 0.3 is 0 Å². The van der Waals surface area contributed by atoms with Gasteiger partial charge in [0.1, 0.15) is 0 Å². The van der Waals surface area contributed by atoms with E-state index in [1.165, 1.54) is 25.7 Å². The van der Waals surface area contributed by atoms with Gasteiger partial charge in [-0.05, 0) is 56.0 Å². The second-order valence-corrected chi connectivity index (χ2v) is 4.57. The van der Waals surface area contributed by atoms with Gasteiger partial charge in [-0.15, -0.1) is 0 Å². The molecule has 0 saturated heterocycles. The summed E-state index contributed by atoms with van der Waals surface area (Å²) in [4.78, 5) is 0. The van der Waals surface area contributed by atoms with Crippen molar-refractivity contribution >= 4 is 0 Å². The lowest BCUT2D eigenvalue weighted by atomic mass is 9.59. The summed E-state index contributed by atoms with van der Waals surface area (Å²) in [6, 6.07) is 0. The van der Waals surface area contributed by atoms with Gasteiger partial charge in [-0.3, -0.25) is 0 Å². The highest BCUT2D eigenvalue weighted by atomic mass is 14.6.